The van der Waals surface area contributed by atoms with E-state index in [0.29, 0.717) is 11.6 Å². The first-order valence-corrected chi connectivity index (χ1v) is 7.65. The number of carbonyl (C=O) groups is 2. The zero-order chi connectivity index (χ0) is 13.0. The van der Waals surface area contributed by atoms with Crippen LogP contribution >= 0.6 is 11.8 Å². The second-order valence-electron chi connectivity index (χ2n) is 4.95. The van der Waals surface area contributed by atoms with Gasteiger partial charge in [-0.05, 0) is 12.8 Å². The van der Waals surface area contributed by atoms with E-state index in [1.807, 2.05) is 0 Å². The summed E-state index contributed by atoms with van der Waals surface area (Å²) < 4.78 is 0. The molecule has 0 aromatic heterocycles. The summed E-state index contributed by atoms with van der Waals surface area (Å²) in [6.45, 7) is 0.120. The van der Waals surface area contributed by atoms with Crippen LogP contribution in [0.15, 0.2) is 0 Å². The standard InChI is InChI=1S/C12H20N2O3S/c15-10-5-3-1-2-4-9(10)13-11(16)6-14-8-18-7-12(14)17/h9-10,15H,1-8H2,(H,13,16). The predicted molar refractivity (Wildman–Crippen MR) is 70.1 cm³/mol. The number of thioether (sulfide) groups is 1. The molecule has 2 unspecified atom stereocenters. The van der Waals surface area contributed by atoms with E-state index in [0.717, 1.165) is 32.1 Å². The Balaban J connectivity index is 1.80. The molecule has 2 aliphatic rings. The van der Waals surface area contributed by atoms with Gasteiger partial charge in [0.1, 0.15) is 6.54 Å². The minimum atomic E-state index is -0.444. The summed E-state index contributed by atoms with van der Waals surface area (Å²) in [5.74, 6) is 0.937. The molecule has 102 valence electrons. The maximum Gasteiger partial charge on any atom is 0.239 e. The van der Waals surface area contributed by atoms with Crippen molar-refractivity contribution in [1.29, 1.82) is 0 Å². The van der Waals surface area contributed by atoms with Crippen molar-refractivity contribution in [2.75, 3.05) is 18.2 Å². The maximum absolute atomic E-state index is 11.8. The average Bonchev–Trinajstić information content (AvgIpc) is 2.61. The number of rotatable bonds is 3. The molecule has 1 heterocycles. The van der Waals surface area contributed by atoms with Gasteiger partial charge < -0.3 is 15.3 Å². The summed E-state index contributed by atoms with van der Waals surface area (Å²) in [5, 5.41) is 12.8. The van der Waals surface area contributed by atoms with E-state index < -0.39 is 6.10 Å². The van der Waals surface area contributed by atoms with Gasteiger partial charge in [-0.3, -0.25) is 9.59 Å². The molecule has 2 N–H and O–H groups in total. The lowest BCUT2D eigenvalue weighted by Crippen LogP contribution is -2.47. The average molecular weight is 272 g/mol. The number of nitrogens with one attached hydrogen (secondary N) is 1. The van der Waals surface area contributed by atoms with Crippen molar-refractivity contribution in [3.8, 4) is 0 Å². The summed E-state index contributed by atoms with van der Waals surface area (Å²) in [7, 11) is 0. The molecular formula is C12H20N2O3S. The van der Waals surface area contributed by atoms with E-state index in [1.54, 1.807) is 4.90 Å². The van der Waals surface area contributed by atoms with Crippen LogP contribution < -0.4 is 5.32 Å². The second-order valence-corrected chi connectivity index (χ2v) is 5.90. The Morgan fingerprint density at radius 3 is 2.89 bits per heavy atom. The molecule has 2 rings (SSSR count). The van der Waals surface area contributed by atoms with Gasteiger partial charge in [0.2, 0.25) is 11.8 Å². The fourth-order valence-electron chi connectivity index (χ4n) is 2.42. The van der Waals surface area contributed by atoms with Gasteiger partial charge in [-0.15, -0.1) is 11.8 Å². The molecule has 18 heavy (non-hydrogen) atoms. The first-order valence-electron chi connectivity index (χ1n) is 6.50. The molecule has 1 saturated carbocycles. The van der Waals surface area contributed by atoms with Gasteiger partial charge in [0, 0.05) is 0 Å². The van der Waals surface area contributed by atoms with Gasteiger partial charge in [-0.1, -0.05) is 19.3 Å². The molecule has 2 fully saturated rings. The Bertz CT molecular complexity index is 324. The highest BCUT2D eigenvalue weighted by Gasteiger charge is 2.26. The lowest BCUT2D eigenvalue weighted by molar-refractivity contribution is -0.133. The van der Waals surface area contributed by atoms with E-state index >= 15 is 0 Å². The quantitative estimate of drug-likeness (QED) is 0.726. The van der Waals surface area contributed by atoms with E-state index in [4.69, 9.17) is 0 Å². The van der Waals surface area contributed by atoms with Gasteiger partial charge in [-0.2, -0.15) is 0 Å². The zero-order valence-electron chi connectivity index (χ0n) is 10.4. The van der Waals surface area contributed by atoms with Gasteiger partial charge in [0.25, 0.3) is 0 Å². The third-order valence-corrected chi connectivity index (χ3v) is 4.43. The second kappa shape index (κ2) is 6.43. The molecule has 5 nitrogen and oxygen atoms in total. The Labute approximate surface area is 111 Å². The molecule has 0 aromatic carbocycles. The van der Waals surface area contributed by atoms with Crippen LogP contribution in [0.1, 0.15) is 32.1 Å². The number of carbonyl (C=O) groups excluding carboxylic acids is 2. The minimum absolute atomic E-state index is 0.0246. The maximum atomic E-state index is 11.8. The fraction of sp³-hybridized carbons (Fsp3) is 0.833. The van der Waals surface area contributed by atoms with Gasteiger partial charge in [0.15, 0.2) is 0 Å². The summed E-state index contributed by atoms with van der Waals surface area (Å²) in [6.07, 6.45) is 4.32. The molecule has 6 heteroatoms. The van der Waals surface area contributed by atoms with Crippen molar-refractivity contribution in [3.05, 3.63) is 0 Å². The molecule has 2 amide bonds. The van der Waals surface area contributed by atoms with Crippen LogP contribution in [0.4, 0.5) is 0 Å². The molecule has 0 spiro atoms. The first kappa shape index (κ1) is 13.7. The third-order valence-electron chi connectivity index (χ3n) is 3.49. The van der Waals surface area contributed by atoms with Crippen LogP contribution in [-0.4, -0.2) is 52.1 Å². The molecule has 0 aromatic rings. The Morgan fingerprint density at radius 2 is 2.17 bits per heavy atom. The molecule has 0 radical (unpaired) electrons. The van der Waals surface area contributed by atoms with E-state index in [2.05, 4.69) is 5.32 Å². The summed E-state index contributed by atoms with van der Waals surface area (Å²) in [5.41, 5.74) is 0. The Hall–Kier alpha value is -0.750. The lowest BCUT2D eigenvalue weighted by Gasteiger charge is -2.23. The van der Waals surface area contributed by atoms with Crippen molar-refractivity contribution < 1.29 is 14.7 Å². The van der Waals surface area contributed by atoms with Crippen molar-refractivity contribution in [1.82, 2.24) is 10.2 Å². The fourth-order valence-corrected chi connectivity index (χ4v) is 3.33. The molecule has 1 saturated heterocycles. The summed E-state index contributed by atoms with van der Waals surface area (Å²) in [4.78, 5) is 24.8. The first-order chi connectivity index (χ1) is 8.66. The Morgan fingerprint density at radius 1 is 1.39 bits per heavy atom. The number of aliphatic hydroxyl groups excluding tert-OH is 1. The largest absolute Gasteiger partial charge is 0.391 e. The van der Waals surface area contributed by atoms with Crippen molar-refractivity contribution in [2.45, 2.75) is 44.2 Å². The molecule has 0 bridgehead atoms. The number of hydrogen-bond donors (Lipinski definition) is 2. The predicted octanol–water partition coefficient (Wildman–Crippen LogP) is 0.329. The monoisotopic (exact) mass is 272 g/mol. The van der Waals surface area contributed by atoms with Crippen LogP contribution in [0.2, 0.25) is 0 Å². The highest BCUT2D eigenvalue weighted by Crippen LogP contribution is 2.18. The summed E-state index contributed by atoms with van der Waals surface area (Å²) >= 11 is 1.53. The summed E-state index contributed by atoms with van der Waals surface area (Å²) in [6, 6.07) is -0.148. The Kier molecular flexibility index (Phi) is 4.88. The van der Waals surface area contributed by atoms with Gasteiger partial charge >= 0.3 is 0 Å². The molecule has 1 aliphatic carbocycles. The SMILES string of the molecule is O=C(CN1CSCC1=O)NC1CCCCCC1O. The van der Waals surface area contributed by atoms with Crippen LogP contribution in [0.25, 0.3) is 0 Å². The van der Waals surface area contributed by atoms with Crippen LogP contribution in [0, 0.1) is 0 Å². The van der Waals surface area contributed by atoms with Crippen LogP contribution in [0.5, 0.6) is 0 Å². The van der Waals surface area contributed by atoms with E-state index in [-0.39, 0.29) is 24.4 Å². The molecule has 1 aliphatic heterocycles. The zero-order valence-corrected chi connectivity index (χ0v) is 11.2. The van der Waals surface area contributed by atoms with Crippen molar-refractivity contribution >= 4 is 23.6 Å². The minimum Gasteiger partial charge on any atom is -0.391 e. The number of hydrogen-bond acceptors (Lipinski definition) is 4. The lowest BCUT2D eigenvalue weighted by atomic mass is 10.1. The topological polar surface area (TPSA) is 69.6 Å². The van der Waals surface area contributed by atoms with Gasteiger partial charge in [0.05, 0.1) is 23.8 Å². The number of aliphatic hydroxyl groups is 1. The third kappa shape index (κ3) is 3.62. The van der Waals surface area contributed by atoms with E-state index in [9.17, 15) is 14.7 Å². The number of amides is 2. The van der Waals surface area contributed by atoms with Crippen LogP contribution in [-0.2, 0) is 9.59 Å². The molecule has 2 atom stereocenters. The van der Waals surface area contributed by atoms with Crippen LogP contribution in [0.3, 0.4) is 0 Å². The highest BCUT2D eigenvalue weighted by molar-refractivity contribution is 8.00. The molecular weight excluding hydrogens is 252 g/mol. The highest BCUT2D eigenvalue weighted by atomic mass is 32.2. The normalized spacial score (nSPS) is 29.2. The van der Waals surface area contributed by atoms with E-state index in [1.165, 1.54) is 11.8 Å². The smallest absolute Gasteiger partial charge is 0.239 e. The van der Waals surface area contributed by atoms with Crippen molar-refractivity contribution in [3.63, 3.8) is 0 Å². The number of nitrogens with zero attached hydrogens (tertiary/aromatic N) is 1. The van der Waals surface area contributed by atoms with Crippen molar-refractivity contribution in [2.24, 2.45) is 0 Å². The van der Waals surface area contributed by atoms with Gasteiger partial charge in [-0.25, -0.2) is 0 Å².